The van der Waals surface area contributed by atoms with Crippen molar-refractivity contribution in [1.82, 2.24) is 15.1 Å². The van der Waals surface area contributed by atoms with Crippen LogP contribution < -0.4 is 5.32 Å². The van der Waals surface area contributed by atoms with Gasteiger partial charge in [0, 0.05) is 32.8 Å². The van der Waals surface area contributed by atoms with E-state index in [1.165, 1.54) is 7.11 Å². The van der Waals surface area contributed by atoms with E-state index in [0.29, 0.717) is 19.4 Å². The van der Waals surface area contributed by atoms with Gasteiger partial charge in [-0.25, -0.2) is 4.79 Å². The summed E-state index contributed by atoms with van der Waals surface area (Å²) in [5, 5.41) is 12.2. The quantitative estimate of drug-likeness (QED) is 0.751. The maximum Gasteiger partial charge on any atom is 0.318 e. The second-order valence-corrected chi connectivity index (χ2v) is 6.76. The first-order valence-corrected chi connectivity index (χ1v) is 8.05. The monoisotopic (exact) mass is 325 g/mol. The minimum absolute atomic E-state index is 0.0829. The Balaban J connectivity index is 1.67. The van der Waals surface area contributed by atoms with Crippen LogP contribution in [0.15, 0.2) is 0 Å². The molecule has 3 atom stereocenters. The van der Waals surface area contributed by atoms with Crippen LogP contribution >= 0.6 is 0 Å². The van der Waals surface area contributed by atoms with Gasteiger partial charge in [0.25, 0.3) is 0 Å². The molecule has 0 aromatic heterocycles. The van der Waals surface area contributed by atoms with Crippen molar-refractivity contribution in [3.8, 4) is 0 Å². The highest BCUT2D eigenvalue weighted by Crippen LogP contribution is 2.33. The van der Waals surface area contributed by atoms with Crippen LogP contribution in [0.3, 0.4) is 0 Å². The third-order valence-corrected chi connectivity index (χ3v) is 5.28. The Hall–Kier alpha value is -1.83. The first kappa shape index (κ1) is 16.0. The Kier molecular flexibility index (Phi) is 4.18. The molecule has 3 rings (SSSR count). The zero-order valence-electron chi connectivity index (χ0n) is 13.3. The van der Waals surface area contributed by atoms with E-state index in [9.17, 15) is 19.5 Å². The van der Waals surface area contributed by atoms with Gasteiger partial charge < -0.3 is 25.0 Å². The fourth-order valence-corrected chi connectivity index (χ4v) is 3.98. The highest BCUT2D eigenvalue weighted by Gasteiger charge is 2.48. The number of likely N-dealkylation sites (tertiary alicyclic amines) is 1. The van der Waals surface area contributed by atoms with Crippen LogP contribution in [0.5, 0.6) is 0 Å². The zero-order chi connectivity index (χ0) is 16.6. The fraction of sp³-hybridized carbons (Fsp3) is 0.800. The lowest BCUT2D eigenvalue weighted by Gasteiger charge is -2.36. The number of hydrogen-bond donors (Lipinski definition) is 2. The molecule has 0 spiro atoms. The number of urea groups is 1. The molecule has 3 aliphatic heterocycles. The van der Waals surface area contributed by atoms with E-state index in [-0.39, 0.29) is 31.1 Å². The first-order valence-electron chi connectivity index (χ1n) is 8.05. The molecular formula is C15H23N3O5. The Labute approximate surface area is 134 Å². The molecule has 8 nitrogen and oxygen atoms in total. The number of carbonyl (C=O) groups excluding carboxylic acids is 2. The number of amides is 3. The minimum atomic E-state index is -1.04. The van der Waals surface area contributed by atoms with E-state index in [2.05, 4.69) is 5.32 Å². The number of methoxy groups -OCH3 is 1. The van der Waals surface area contributed by atoms with Gasteiger partial charge in [-0.1, -0.05) is 0 Å². The van der Waals surface area contributed by atoms with Crippen molar-refractivity contribution < 1.29 is 24.2 Å². The number of rotatable bonds is 4. The molecule has 128 valence electrons. The summed E-state index contributed by atoms with van der Waals surface area (Å²) >= 11 is 0. The first-order chi connectivity index (χ1) is 11.0. The summed E-state index contributed by atoms with van der Waals surface area (Å²) in [5.74, 6) is -1.12. The average molecular weight is 325 g/mol. The number of hydrogen-bond acceptors (Lipinski definition) is 4. The van der Waals surface area contributed by atoms with Crippen LogP contribution in [-0.4, -0.2) is 78.2 Å². The van der Waals surface area contributed by atoms with Crippen LogP contribution in [-0.2, 0) is 14.3 Å². The molecule has 0 aliphatic carbocycles. The second kappa shape index (κ2) is 5.99. The lowest BCUT2D eigenvalue weighted by molar-refractivity contribution is -0.151. The summed E-state index contributed by atoms with van der Waals surface area (Å²) in [4.78, 5) is 39.7. The molecule has 3 heterocycles. The molecule has 3 aliphatic rings. The molecule has 3 saturated heterocycles. The molecule has 0 bridgehead atoms. The summed E-state index contributed by atoms with van der Waals surface area (Å²) in [6.07, 6.45) is 2.88. The van der Waals surface area contributed by atoms with Crippen molar-refractivity contribution in [3.05, 3.63) is 0 Å². The van der Waals surface area contributed by atoms with Gasteiger partial charge in [-0.2, -0.15) is 0 Å². The number of carbonyl (C=O) groups is 3. The third kappa shape index (κ3) is 2.75. The van der Waals surface area contributed by atoms with Crippen LogP contribution in [0.4, 0.5) is 4.79 Å². The van der Waals surface area contributed by atoms with Crippen molar-refractivity contribution in [2.75, 3.05) is 33.4 Å². The number of ether oxygens (including phenoxy) is 1. The topological polar surface area (TPSA) is 99.2 Å². The van der Waals surface area contributed by atoms with Crippen LogP contribution in [0.2, 0.25) is 0 Å². The lowest BCUT2D eigenvalue weighted by Crippen LogP contribution is -2.59. The largest absolute Gasteiger partial charge is 0.481 e. The van der Waals surface area contributed by atoms with E-state index in [4.69, 9.17) is 4.74 Å². The number of nitrogens with zero attached hydrogens (tertiary/aromatic N) is 2. The molecule has 2 N–H and O–H groups in total. The standard InChI is InChI=1S/C15H23N3O5/c1-23-9-15(13(20)21)4-6-17(8-15)12(19)11-7-10-3-2-5-18(10)14(22)16-11/h10-11H,2-9H2,1H3,(H,16,22)(H,20,21)/t10-,11-,15?/m0/s1. The summed E-state index contributed by atoms with van der Waals surface area (Å²) < 4.78 is 5.04. The van der Waals surface area contributed by atoms with Gasteiger partial charge >= 0.3 is 12.0 Å². The summed E-state index contributed by atoms with van der Waals surface area (Å²) in [5.41, 5.74) is -1.04. The number of carboxylic acid groups (broad SMARTS) is 1. The van der Waals surface area contributed by atoms with Crippen molar-refractivity contribution in [1.29, 1.82) is 0 Å². The normalized spacial score (nSPS) is 33.5. The molecule has 1 unspecified atom stereocenters. The molecular weight excluding hydrogens is 302 g/mol. The maximum absolute atomic E-state index is 12.7. The molecule has 0 saturated carbocycles. The Morgan fingerprint density at radius 3 is 2.91 bits per heavy atom. The summed E-state index contributed by atoms with van der Waals surface area (Å²) in [6.45, 7) is 1.35. The smallest absolute Gasteiger partial charge is 0.318 e. The number of nitrogens with one attached hydrogen (secondary N) is 1. The number of aliphatic carboxylic acids is 1. The third-order valence-electron chi connectivity index (χ3n) is 5.28. The van der Waals surface area contributed by atoms with Gasteiger partial charge in [0.05, 0.1) is 6.61 Å². The lowest BCUT2D eigenvalue weighted by atomic mass is 9.88. The maximum atomic E-state index is 12.7. The highest BCUT2D eigenvalue weighted by molar-refractivity contribution is 5.89. The predicted octanol–water partition coefficient (Wildman–Crippen LogP) is -0.118. The number of carboxylic acids is 1. The van der Waals surface area contributed by atoms with Crippen LogP contribution in [0.25, 0.3) is 0 Å². The highest BCUT2D eigenvalue weighted by atomic mass is 16.5. The molecule has 0 aromatic carbocycles. The van der Waals surface area contributed by atoms with E-state index >= 15 is 0 Å². The SMILES string of the molecule is COCC1(C(=O)O)CCN(C(=O)[C@@H]2C[C@@H]3CCCN3C(=O)N2)C1. The Morgan fingerprint density at radius 2 is 2.22 bits per heavy atom. The molecule has 3 amide bonds. The Morgan fingerprint density at radius 1 is 1.43 bits per heavy atom. The van der Waals surface area contributed by atoms with E-state index in [1.54, 1.807) is 9.80 Å². The van der Waals surface area contributed by atoms with E-state index in [1.807, 2.05) is 0 Å². The van der Waals surface area contributed by atoms with Crippen LogP contribution in [0, 0.1) is 5.41 Å². The van der Waals surface area contributed by atoms with Gasteiger partial charge in [0.15, 0.2) is 0 Å². The molecule has 8 heteroatoms. The van der Waals surface area contributed by atoms with Gasteiger partial charge in [-0.05, 0) is 25.7 Å². The summed E-state index contributed by atoms with van der Waals surface area (Å²) in [6, 6.07) is -0.602. The molecule has 0 radical (unpaired) electrons. The summed E-state index contributed by atoms with van der Waals surface area (Å²) in [7, 11) is 1.46. The molecule has 23 heavy (non-hydrogen) atoms. The van der Waals surface area contributed by atoms with Gasteiger partial charge in [-0.3, -0.25) is 9.59 Å². The van der Waals surface area contributed by atoms with Crippen molar-refractivity contribution >= 4 is 17.9 Å². The minimum Gasteiger partial charge on any atom is -0.481 e. The van der Waals surface area contributed by atoms with Crippen molar-refractivity contribution in [2.45, 2.75) is 37.8 Å². The zero-order valence-corrected chi connectivity index (χ0v) is 13.3. The van der Waals surface area contributed by atoms with Crippen molar-refractivity contribution in [2.24, 2.45) is 5.41 Å². The van der Waals surface area contributed by atoms with E-state index < -0.39 is 17.4 Å². The fourth-order valence-electron chi connectivity index (χ4n) is 3.98. The number of fused-ring (bicyclic) bond motifs is 1. The Bertz CT molecular complexity index is 525. The van der Waals surface area contributed by atoms with Gasteiger partial charge in [0.1, 0.15) is 11.5 Å². The average Bonchev–Trinajstić information content (AvgIpc) is 3.14. The van der Waals surface area contributed by atoms with E-state index in [0.717, 1.165) is 19.4 Å². The molecule has 3 fully saturated rings. The second-order valence-electron chi connectivity index (χ2n) is 6.76. The van der Waals surface area contributed by atoms with Gasteiger partial charge in [-0.15, -0.1) is 0 Å². The van der Waals surface area contributed by atoms with Crippen LogP contribution in [0.1, 0.15) is 25.7 Å². The molecule has 0 aromatic rings. The van der Waals surface area contributed by atoms with Gasteiger partial charge in [0.2, 0.25) is 5.91 Å². The predicted molar refractivity (Wildman–Crippen MR) is 79.8 cm³/mol. The van der Waals surface area contributed by atoms with Crippen molar-refractivity contribution in [3.63, 3.8) is 0 Å².